The number of sulfonamides is 1. The Bertz CT molecular complexity index is 1450. The number of nitrogens with one attached hydrogen (secondary N) is 2. The van der Waals surface area contributed by atoms with Gasteiger partial charge in [-0.25, -0.2) is 18.1 Å². The number of ether oxygens (including phenoxy) is 1. The van der Waals surface area contributed by atoms with E-state index in [9.17, 15) is 13.2 Å². The Balaban J connectivity index is 1.61. The molecule has 0 saturated carbocycles. The molecule has 0 radical (unpaired) electrons. The van der Waals surface area contributed by atoms with Gasteiger partial charge in [-0.3, -0.25) is 4.79 Å². The van der Waals surface area contributed by atoms with Crippen LogP contribution in [-0.4, -0.2) is 62.0 Å². The number of benzene rings is 2. The van der Waals surface area contributed by atoms with Crippen LogP contribution in [0.15, 0.2) is 53.4 Å². The van der Waals surface area contributed by atoms with Crippen LogP contribution >= 0.6 is 0 Å². The number of piperidine rings is 1. The molecule has 1 spiro atoms. The zero-order valence-corrected chi connectivity index (χ0v) is 22.8. The van der Waals surface area contributed by atoms with E-state index in [1.165, 1.54) is 12.1 Å². The molecule has 4 bridgehead atoms. The van der Waals surface area contributed by atoms with Crippen LogP contribution in [0, 0.1) is 19.3 Å². The number of hydrogen-bond acceptors (Lipinski definition) is 7. The SMILES string of the molecule is CCN1CCC2(CC1)CNC(=O)c1cccc(c1)S(=O)(=O)Nc1nc(cc(-c3c(C)cccc3C)n1)OC2. The summed E-state index contributed by atoms with van der Waals surface area (Å²) in [7, 11) is -4.06. The summed E-state index contributed by atoms with van der Waals surface area (Å²) >= 11 is 0. The highest BCUT2D eigenvalue weighted by Crippen LogP contribution is 2.34. The van der Waals surface area contributed by atoms with E-state index in [2.05, 4.69) is 31.8 Å². The standard InChI is InChI=1S/C28H33N5O4S/c1-4-33-13-11-28(12-14-33)17-29-26(34)21-9-6-10-22(15-21)38(35,36)32-27-30-23(16-24(31-27)37-18-28)25-19(2)7-5-8-20(25)3/h5-10,15-16H,4,11-14,17-18H2,1-3H3,(H,29,34)(H,30,31,32). The molecule has 200 valence electrons. The first kappa shape index (κ1) is 26.1. The van der Waals surface area contributed by atoms with Crippen LogP contribution in [0.2, 0.25) is 0 Å². The van der Waals surface area contributed by atoms with Gasteiger partial charge in [0, 0.05) is 29.2 Å². The number of likely N-dealkylation sites (tertiary alicyclic amines) is 1. The highest BCUT2D eigenvalue weighted by atomic mass is 32.2. The van der Waals surface area contributed by atoms with E-state index in [1.54, 1.807) is 18.2 Å². The smallest absolute Gasteiger partial charge is 0.264 e. The van der Waals surface area contributed by atoms with Gasteiger partial charge in [0.2, 0.25) is 11.8 Å². The zero-order valence-electron chi connectivity index (χ0n) is 22.0. The van der Waals surface area contributed by atoms with Crippen LogP contribution in [0.4, 0.5) is 5.95 Å². The molecule has 3 aromatic rings. The van der Waals surface area contributed by atoms with E-state index < -0.39 is 10.0 Å². The second-order valence-electron chi connectivity index (χ2n) is 10.2. The lowest BCUT2D eigenvalue weighted by Crippen LogP contribution is -2.49. The lowest BCUT2D eigenvalue weighted by Gasteiger charge is -2.41. The van der Waals surface area contributed by atoms with Crippen LogP contribution < -0.4 is 14.8 Å². The minimum absolute atomic E-state index is 0.0447. The van der Waals surface area contributed by atoms with Gasteiger partial charge in [-0.15, -0.1) is 0 Å². The molecule has 0 aliphatic carbocycles. The third kappa shape index (κ3) is 5.37. The normalized spacial score (nSPS) is 19.1. The number of carbonyl (C=O) groups excluding carboxylic acids is 1. The number of aromatic nitrogens is 2. The maximum Gasteiger partial charge on any atom is 0.264 e. The number of hydrogen-bond donors (Lipinski definition) is 2. The van der Waals surface area contributed by atoms with Gasteiger partial charge in [0.1, 0.15) is 0 Å². The van der Waals surface area contributed by atoms with Crippen molar-refractivity contribution in [1.29, 1.82) is 0 Å². The number of carbonyl (C=O) groups is 1. The summed E-state index contributed by atoms with van der Waals surface area (Å²) in [6.07, 6.45) is 1.71. The first-order chi connectivity index (χ1) is 18.2. The highest BCUT2D eigenvalue weighted by Gasteiger charge is 2.36. The number of nitrogens with zero attached hydrogens (tertiary/aromatic N) is 3. The Morgan fingerprint density at radius 1 is 1.03 bits per heavy atom. The lowest BCUT2D eigenvalue weighted by atomic mass is 9.79. The van der Waals surface area contributed by atoms with Gasteiger partial charge in [-0.2, -0.15) is 4.98 Å². The number of anilines is 1. The van der Waals surface area contributed by atoms with E-state index in [1.807, 2.05) is 32.0 Å². The van der Waals surface area contributed by atoms with Gasteiger partial charge in [0.05, 0.1) is 17.2 Å². The van der Waals surface area contributed by atoms with Crippen molar-refractivity contribution in [2.45, 2.75) is 38.5 Å². The van der Waals surface area contributed by atoms with Crippen molar-refractivity contribution in [3.8, 4) is 17.1 Å². The summed E-state index contributed by atoms with van der Waals surface area (Å²) in [5.74, 6) is -0.116. The van der Waals surface area contributed by atoms with E-state index in [0.717, 1.165) is 49.2 Å². The van der Waals surface area contributed by atoms with Gasteiger partial charge in [-0.05, 0) is 75.6 Å². The van der Waals surface area contributed by atoms with Crippen molar-refractivity contribution >= 4 is 21.9 Å². The maximum absolute atomic E-state index is 13.3. The van der Waals surface area contributed by atoms with Crippen LogP contribution in [-0.2, 0) is 10.0 Å². The number of rotatable bonds is 2. The fraction of sp³-hybridized carbons (Fsp3) is 0.393. The molecule has 0 atom stereocenters. The second-order valence-corrected chi connectivity index (χ2v) is 11.9. The summed E-state index contributed by atoms with van der Waals surface area (Å²) in [4.78, 5) is 24.4. The molecule has 5 rings (SSSR count). The summed E-state index contributed by atoms with van der Waals surface area (Å²) in [6.45, 7) is 9.68. The first-order valence-corrected chi connectivity index (χ1v) is 14.4. The molecule has 1 amide bonds. The summed E-state index contributed by atoms with van der Waals surface area (Å²) in [5.41, 5.74) is 3.49. The third-order valence-corrected chi connectivity index (χ3v) is 8.91. The summed E-state index contributed by atoms with van der Waals surface area (Å²) in [5, 5.41) is 3.04. The largest absolute Gasteiger partial charge is 0.477 e. The molecule has 3 heterocycles. The van der Waals surface area contributed by atoms with E-state index in [4.69, 9.17) is 4.74 Å². The van der Waals surface area contributed by atoms with E-state index in [0.29, 0.717) is 18.8 Å². The highest BCUT2D eigenvalue weighted by molar-refractivity contribution is 7.92. The van der Waals surface area contributed by atoms with Crippen molar-refractivity contribution in [3.05, 3.63) is 65.2 Å². The zero-order chi connectivity index (χ0) is 26.9. The molecule has 2 aliphatic heterocycles. The van der Waals surface area contributed by atoms with Crippen LogP contribution in [0.1, 0.15) is 41.3 Å². The summed E-state index contributed by atoms with van der Waals surface area (Å²) < 4.78 is 35.3. The predicted molar refractivity (Wildman–Crippen MR) is 146 cm³/mol. The molecule has 2 aliphatic rings. The van der Waals surface area contributed by atoms with Gasteiger partial charge >= 0.3 is 0 Å². The molecule has 2 aromatic carbocycles. The molecule has 0 unspecified atom stereocenters. The molecule has 9 nitrogen and oxygen atoms in total. The molecular weight excluding hydrogens is 502 g/mol. The molecule has 2 N–H and O–H groups in total. The van der Waals surface area contributed by atoms with Gasteiger partial charge < -0.3 is 15.0 Å². The van der Waals surface area contributed by atoms with Crippen molar-refractivity contribution in [2.75, 3.05) is 37.5 Å². The molecular formula is C28H33N5O4S. The minimum atomic E-state index is -4.06. The van der Waals surface area contributed by atoms with Gasteiger partial charge in [0.15, 0.2) is 0 Å². The third-order valence-electron chi connectivity index (χ3n) is 7.59. The maximum atomic E-state index is 13.3. The topological polar surface area (TPSA) is 114 Å². The number of aryl methyl sites for hydroxylation is 2. The van der Waals surface area contributed by atoms with E-state index in [-0.39, 0.29) is 33.6 Å². The molecule has 38 heavy (non-hydrogen) atoms. The van der Waals surface area contributed by atoms with Crippen molar-refractivity contribution in [1.82, 2.24) is 20.2 Å². The van der Waals surface area contributed by atoms with E-state index >= 15 is 0 Å². The quantitative estimate of drug-likeness (QED) is 0.513. The Labute approximate surface area is 223 Å². The Hall–Kier alpha value is -3.50. The van der Waals surface area contributed by atoms with Gasteiger partial charge in [0.25, 0.3) is 15.9 Å². The molecule has 1 aromatic heterocycles. The molecule has 1 fully saturated rings. The number of amides is 1. The molecule has 1 saturated heterocycles. The van der Waals surface area contributed by atoms with Crippen molar-refractivity contribution in [2.24, 2.45) is 5.41 Å². The lowest BCUT2D eigenvalue weighted by molar-refractivity contribution is 0.0516. The van der Waals surface area contributed by atoms with Crippen molar-refractivity contribution < 1.29 is 17.9 Å². The van der Waals surface area contributed by atoms with Crippen LogP contribution in [0.25, 0.3) is 11.3 Å². The van der Waals surface area contributed by atoms with Gasteiger partial charge in [-0.1, -0.05) is 31.2 Å². The van der Waals surface area contributed by atoms with Crippen molar-refractivity contribution in [3.63, 3.8) is 0 Å². The Morgan fingerprint density at radius 3 is 2.45 bits per heavy atom. The average molecular weight is 536 g/mol. The second kappa shape index (κ2) is 10.3. The predicted octanol–water partition coefficient (Wildman–Crippen LogP) is 3.79. The summed E-state index contributed by atoms with van der Waals surface area (Å²) in [6, 6.07) is 13.7. The Kier molecular flexibility index (Phi) is 7.11. The number of fused-ring (bicyclic) bond motifs is 4. The van der Waals surface area contributed by atoms with Crippen LogP contribution in [0.5, 0.6) is 5.88 Å². The monoisotopic (exact) mass is 535 g/mol. The molecule has 10 heteroatoms. The fourth-order valence-corrected chi connectivity index (χ4v) is 6.18. The van der Waals surface area contributed by atoms with Crippen LogP contribution in [0.3, 0.4) is 0 Å². The first-order valence-electron chi connectivity index (χ1n) is 12.9. The minimum Gasteiger partial charge on any atom is -0.477 e. The Morgan fingerprint density at radius 2 is 1.74 bits per heavy atom. The average Bonchev–Trinajstić information content (AvgIpc) is 2.90. The fourth-order valence-electron chi connectivity index (χ4n) is 5.19.